The first-order valence-electron chi connectivity index (χ1n) is 6.33. The number of benzene rings is 1. The Morgan fingerprint density at radius 3 is 2.56 bits per heavy atom. The predicted octanol–water partition coefficient (Wildman–Crippen LogP) is 2.17. The van der Waals surface area contributed by atoms with Gasteiger partial charge in [-0.1, -0.05) is 30.3 Å². The van der Waals surface area contributed by atoms with E-state index in [0.29, 0.717) is 18.1 Å². The van der Waals surface area contributed by atoms with Crippen molar-refractivity contribution in [2.75, 3.05) is 6.54 Å². The molecular weight excluding hydrogens is 196 g/mol. The summed E-state index contributed by atoms with van der Waals surface area (Å²) in [6.45, 7) is 3.50. The second kappa shape index (κ2) is 3.86. The second-order valence-corrected chi connectivity index (χ2v) is 5.27. The van der Waals surface area contributed by atoms with Gasteiger partial charge in [-0.15, -0.1) is 0 Å². The Kier molecular flexibility index (Phi) is 2.49. The summed E-state index contributed by atoms with van der Waals surface area (Å²) in [6.07, 6.45) is 2.63. The summed E-state index contributed by atoms with van der Waals surface area (Å²) in [7, 11) is 0. The molecule has 1 saturated carbocycles. The predicted molar refractivity (Wildman–Crippen MR) is 66.1 cm³/mol. The van der Waals surface area contributed by atoms with Gasteiger partial charge in [0.1, 0.15) is 0 Å². The van der Waals surface area contributed by atoms with Crippen LogP contribution in [0.15, 0.2) is 30.3 Å². The normalized spacial score (nSPS) is 35.5. The lowest BCUT2D eigenvalue weighted by molar-refractivity contribution is 0.158. The minimum atomic E-state index is 0.422. The highest BCUT2D eigenvalue weighted by atomic mass is 15.2. The van der Waals surface area contributed by atoms with Gasteiger partial charge >= 0.3 is 0 Å². The first-order valence-corrected chi connectivity index (χ1v) is 6.33. The van der Waals surface area contributed by atoms with Crippen molar-refractivity contribution >= 4 is 0 Å². The molecule has 1 heterocycles. The molecule has 4 atom stereocenters. The molecule has 2 unspecified atom stereocenters. The molecule has 2 fully saturated rings. The Balaban J connectivity index is 1.80. The van der Waals surface area contributed by atoms with Gasteiger partial charge in [0, 0.05) is 24.7 Å². The van der Waals surface area contributed by atoms with Crippen LogP contribution in [0.5, 0.6) is 0 Å². The molecule has 1 saturated heterocycles. The van der Waals surface area contributed by atoms with E-state index in [1.807, 2.05) is 0 Å². The van der Waals surface area contributed by atoms with Crippen LogP contribution in [0.4, 0.5) is 0 Å². The number of rotatable bonds is 2. The second-order valence-electron chi connectivity index (χ2n) is 5.27. The molecule has 2 nitrogen and oxygen atoms in total. The summed E-state index contributed by atoms with van der Waals surface area (Å²) >= 11 is 0. The summed E-state index contributed by atoms with van der Waals surface area (Å²) in [5.41, 5.74) is 7.67. The number of fused-ring (bicyclic) bond motifs is 2. The quantitative estimate of drug-likeness (QED) is 0.821. The van der Waals surface area contributed by atoms with E-state index in [1.54, 1.807) is 0 Å². The van der Waals surface area contributed by atoms with E-state index in [1.165, 1.54) is 24.9 Å². The number of piperidine rings is 1. The van der Waals surface area contributed by atoms with Crippen LogP contribution in [-0.4, -0.2) is 23.5 Å². The maximum absolute atomic E-state index is 6.25. The average Bonchev–Trinajstić information content (AvgIpc) is 2.85. The molecule has 2 heteroatoms. The molecule has 1 aromatic rings. The molecule has 2 bridgehead atoms. The van der Waals surface area contributed by atoms with Crippen LogP contribution in [0.25, 0.3) is 0 Å². The molecule has 16 heavy (non-hydrogen) atoms. The third-order valence-electron chi connectivity index (χ3n) is 4.47. The molecule has 86 valence electrons. The zero-order valence-electron chi connectivity index (χ0n) is 9.84. The first kappa shape index (κ1) is 10.3. The Hall–Kier alpha value is -0.860. The SMILES string of the molecule is C[C@@H](c1ccccc1)N1CC2CCC1[C@@H]2N. The van der Waals surface area contributed by atoms with E-state index in [4.69, 9.17) is 5.73 Å². The van der Waals surface area contributed by atoms with E-state index in [9.17, 15) is 0 Å². The molecule has 2 N–H and O–H groups in total. The molecule has 1 aliphatic carbocycles. The number of nitrogens with two attached hydrogens (primary N) is 1. The minimum absolute atomic E-state index is 0.422. The van der Waals surface area contributed by atoms with Crippen molar-refractivity contribution in [2.45, 2.75) is 37.9 Å². The van der Waals surface area contributed by atoms with Crippen molar-refractivity contribution in [1.82, 2.24) is 4.90 Å². The van der Waals surface area contributed by atoms with Gasteiger partial charge in [0.05, 0.1) is 0 Å². The number of hydrogen-bond acceptors (Lipinski definition) is 2. The summed E-state index contributed by atoms with van der Waals surface area (Å²) < 4.78 is 0. The molecule has 0 spiro atoms. The fraction of sp³-hybridized carbons (Fsp3) is 0.571. The fourth-order valence-electron chi connectivity index (χ4n) is 3.46. The molecule has 1 aliphatic heterocycles. The Labute approximate surface area is 97.4 Å². The molecule has 0 aromatic heterocycles. The smallest absolute Gasteiger partial charge is 0.0323 e. The average molecular weight is 216 g/mol. The van der Waals surface area contributed by atoms with Crippen molar-refractivity contribution in [3.8, 4) is 0 Å². The van der Waals surface area contributed by atoms with E-state index in [-0.39, 0.29) is 0 Å². The summed E-state index contributed by atoms with van der Waals surface area (Å²) in [6, 6.07) is 12.3. The van der Waals surface area contributed by atoms with Gasteiger partial charge < -0.3 is 5.73 Å². The molecule has 2 aliphatic rings. The van der Waals surface area contributed by atoms with Gasteiger partial charge in [-0.2, -0.15) is 0 Å². The fourth-order valence-corrected chi connectivity index (χ4v) is 3.46. The highest BCUT2D eigenvalue weighted by molar-refractivity contribution is 5.20. The van der Waals surface area contributed by atoms with Crippen molar-refractivity contribution in [3.05, 3.63) is 35.9 Å². The zero-order chi connectivity index (χ0) is 11.1. The van der Waals surface area contributed by atoms with Gasteiger partial charge in [-0.25, -0.2) is 0 Å². The van der Waals surface area contributed by atoms with Crippen molar-refractivity contribution in [3.63, 3.8) is 0 Å². The van der Waals surface area contributed by atoms with E-state index >= 15 is 0 Å². The third kappa shape index (κ3) is 1.48. The largest absolute Gasteiger partial charge is 0.326 e. The van der Waals surface area contributed by atoms with Crippen molar-refractivity contribution < 1.29 is 0 Å². The van der Waals surface area contributed by atoms with Gasteiger partial charge in [-0.3, -0.25) is 4.90 Å². The van der Waals surface area contributed by atoms with Gasteiger partial charge in [0.25, 0.3) is 0 Å². The third-order valence-corrected chi connectivity index (χ3v) is 4.47. The lowest BCUT2D eigenvalue weighted by Crippen LogP contribution is -2.38. The van der Waals surface area contributed by atoms with Crippen LogP contribution in [-0.2, 0) is 0 Å². The summed E-state index contributed by atoms with van der Waals surface area (Å²) in [4.78, 5) is 2.61. The Bertz CT molecular complexity index is 362. The summed E-state index contributed by atoms with van der Waals surface area (Å²) in [5.74, 6) is 0.746. The molecule has 1 aromatic carbocycles. The lowest BCUT2D eigenvalue weighted by Gasteiger charge is -2.33. The van der Waals surface area contributed by atoms with E-state index in [0.717, 1.165) is 5.92 Å². The Morgan fingerprint density at radius 1 is 1.25 bits per heavy atom. The van der Waals surface area contributed by atoms with Crippen LogP contribution < -0.4 is 5.73 Å². The van der Waals surface area contributed by atoms with Crippen LogP contribution >= 0.6 is 0 Å². The van der Waals surface area contributed by atoms with Gasteiger partial charge in [0.2, 0.25) is 0 Å². The van der Waals surface area contributed by atoms with Crippen LogP contribution in [0.3, 0.4) is 0 Å². The highest BCUT2D eigenvalue weighted by Crippen LogP contribution is 2.41. The number of hydrogen-bond donors (Lipinski definition) is 1. The number of nitrogens with zero attached hydrogens (tertiary/aromatic N) is 1. The van der Waals surface area contributed by atoms with Gasteiger partial charge in [0.15, 0.2) is 0 Å². The van der Waals surface area contributed by atoms with E-state index in [2.05, 4.69) is 42.2 Å². The maximum atomic E-state index is 6.25. The summed E-state index contributed by atoms with van der Waals surface area (Å²) in [5, 5.41) is 0. The maximum Gasteiger partial charge on any atom is 0.0323 e. The molecule has 0 radical (unpaired) electrons. The minimum Gasteiger partial charge on any atom is -0.326 e. The first-order chi connectivity index (χ1) is 7.77. The van der Waals surface area contributed by atoms with Crippen LogP contribution in [0, 0.1) is 5.92 Å². The van der Waals surface area contributed by atoms with E-state index < -0.39 is 0 Å². The highest BCUT2D eigenvalue weighted by Gasteiger charge is 2.46. The van der Waals surface area contributed by atoms with Crippen molar-refractivity contribution in [1.29, 1.82) is 0 Å². The monoisotopic (exact) mass is 216 g/mol. The lowest BCUT2D eigenvalue weighted by atomic mass is 10.0. The molecular formula is C14H20N2. The van der Waals surface area contributed by atoms with Crippen LogP contribution in [0.1, 0.15) is 31.4 Å². The molecule has 3 rings (SSSR count). The molecule has 0 amide bonds. The number of likely N-dealkylation sites (tertiary alicyclic amines) is 1. The van der Waals surface area contributed by atoms with Crippen LogP contribution in [0.2, 0.25) is 0 Å². The standard InChI is InChI=1S/C14H20N2/c1-10(11-5-3-2-4-6-11)16-9-12-7-8-13(16)14(12)15/h2-6,10,12-14H,7-9,15H2,1H3/t10-,12?,13?,14+/m0/s1. The topological polar surface area (TPSA) is 29.3 Å². The van der Waals surface area contributed by atoms with Gasteiger partial charge in [-0.05, 0) is 31.2 Å². The Morgan fingerprint density at radius 2 is 2.00 bits per heavy atom. The zero-order valence-corrected chi connectivity index (χ0v) is 9.84. The van der Waals surface area contributed by atoms with Crippen molar-refractivity contribution in [2.24, 2.45) is 11.7 Å².